The zero-order chi connectivity index (χ0) is 15.4. The van der Waals surface area contributed by atoms with Crippen molar-refractivity contribution >= 4 is 27.5 Å². The summed E-state index contributed by atoms with van der Waals surface area (Å²) >= 11 is 9.29. The van der Waals surface area contributed by atoms with Crippen LogP contribution < -0.4 is 5.32 Å². The average Bonchev–Trinajstić information content (AvgIpc) is 2.42. The number of nitrogens with one attached hydrogen (secondary N) is 1. The van der Waals surface area contributed by atoms with Gasteiger partial charge in [0.15, 0.2) is 0 Å². The van der Waals surface area contributed by atoms with Crippen LogP contribution in [0.4, 0.5) is 8.78 Å². The van der Waals surface area contributed by atoms with Crippen LogP contribution in [0, 0.1) is 11.6 Å². The molecule has 0 aliphatic rings. The van der Waals surface area contributed by atoms with Crippen molar-refractivity contribution in [3.8, 4) is 0 Å². The van der Waals surface area contributed by atoms with Gasteiger partial charge in [0.1, 0.15) is 11.6 Å². The van der Waals surface area contributed by atoms with Gasteiger partial charge in [0.25, 0.3) is 0 Å². The van der Waals surface area contributed by atoms with Crippen molar-refractivity contribution in [2.24, 2.45) is 0 Å². The minimum Gasteiger partial charge on any atom is -0.310 e. The third kappa shape index (κ3) is 4.02. The van der Waals surface area contributed by atoms with Crippen LogP contribution in [0.2, 0.25) is 5.02 Å². The molecule has 0 saturated heterocycles. The molecule has 1 atom stereocenters. The Hall–Kier alpha value is -0.970. The van der Waals surface area contributed by atoms with E-state index in [2.05, 4.69) is 21.2 Å². The molecule has 0 saturated carbocycles. The molecule has 112 valence electrons. The summed E-state index contributed by atoms with van der Waals surface area (Å²) < 4.78 is 28.7. The third-order valence-electron chi connectivity index (χ3n) is 3.26. The normalized spacial score (nSPS) is 12.4. The van der Waals surface area contributed by atoms with Gasteiger partial charge in [0.2, 0.25) is 0 Å². The van der Waals surface area contributed by atoms with E-state index in [1.54, 1.807) is 24.3 Å². The fourth-order valence-electron chi connectivity index (χ4n) is 2.25. The van der Waals surface area contributed by atoms with Gasteiger partial charge in [-0.05, 0) is 37.2 Å². The summed E-state index contributed by atoms with van der Waals surface area (Å²) in [6.07, 6.45) is 0.290. The Morgan fingerprint density at radius 2 is 1.95 bits per heavy atom. The first-order valence-electron chi connectivity index (χ1n) is 6.64. The molecule has 2 rings (SSSR count). The Morgan fingerprint density at radius 3 is 2.57 bits per heavy atom. The van der Waals surface area contributed by atoms with E-state index in [0.717, 1.165) is 0 Å². The highest BCUT2D eigenvalue weighted by Gasteiger charge is 2.19. The molecule has 0 bridgehead atoms. The van der Waals surface area contributed by atoms with Crippen LogP contribution in [-0.4, -0.2) is 6.54 Å². The minimum atomic E-state index is -0.372. The molecule has 0 fully saturated rings. The molecule has 1 N–H and O–H groups in total. The molecule has 21 heavy (non-hydrogen) atoms. The quantitative estimate of drug-likeness (QED) is 0.751. The summed E-state index contributed by atoms with van der Waals surface area (Å²) in [6, 6.07) is 9.10. The third-order valence-corrected chi connectivity index (χ3v) is 4.11. The van der Waals surface area contributed by atoms with Crippen LogP contribution in [-0.2, 0) is 6.42 Å². The molecule has 0 radical (unpaired) electrons. The SMILES string of the molecule is CCNC(Cc1c(F)cccc1Cl)c1ccc(Br)cc1F. The summed E-state index contributed by atoms with van der Waals surface area (Å²) in [5, 5.41) is 3.54. The lowest BCUT2D eigenvalue weighted by Gasteiger charge is -2.20. The van der Waals surface area contributed by atoms with Crippen LogP contribution in [0.25, 0.3) is 0 Å². The van der Waals surface area contributed by atoms with Gasteiger partial charge in [0.05, 0.1) is 0 Å². The summed E-state index contributed by atoms with van der Waals surface area (Å²) in [4.78, 5) is 0. The van der Waals surface area contributed by atoms with Crippen LogP contribution in [0.3, 0.4) is 0 Å². The summed E-state index contributed by atoms with van der Waals surface area (Å²) in [7, 11) is 0. The van der Waals surface area contributed by atoms with E-state index >= 15 is 0 Å². The molecule has 1 unspecified atom stereocenters. The van der Waals surface area contributed by atoms with Crippen LogP contribution in [0.15, 0.2) is 40.9 Å². The second-order valence-electron chi connectivity index (χ2n) is 4.68. The molecule has 0 aliphatic carbocycles. The van der Waals surface area contributed by atoms with Crippen LogP contribution in [0.5, 0.6) is 0 Å². The largest absolute Gasteiger partial charge is 0.310 e. The lowest BCUT2D eigenvalue weighted by atomic mass is 9.98. The topological polar surface area (TPSA) is 12.0 Å². The standard InChI is InChI=1S/C16H15BrClF2N/c1-2-21-16(11-7-6-10(17)8-15(11)20)9-12-13(18)4-3-5-14(12)19/h3-8,16,21H,2,9H2,1H3. The maximum absolute atomic E-state index is 14.1. The van der Waals surface area contributed by atoms with E-state index in [9.17, 15) is 8.78 Å². The second kappa shape index (κ2) is 7.34. The molecular weight excluding hydrogens is 360 g/mol. The Morgan fingerprint density at radius 1 is 1.19 bits per heavy atom. The number of hydrogen-bond acceptors (Lipinski definition) is 1. The highest BCUT2D eigenvalue weighted by atomic mass is 79.9. The van der Waals surface area contributed by atoms with Crippen molar-refractivity contribution in [1.82, 2.24) is 5.32 Å². The van der Waals surface area contributed by atoms with Crippen molar-refractivity contribution in [1.29, 1.82) is 0 Å². The zero-order valence-corrected chi connectivity index (χ0v) is 13.8. The van der Waals surface area contributed by atoms with Gasteiger partial charge in [-0.25, -0.2) is 8.78 Å². The number of likely N-dealkylation sites (N-methyl/N-ethyl adjacent to an activating group) is 1. The van der Waals surface area contributed by atoms with Crippen molar-refractivity contribution in [3.63, 3.8) is 0 Å². The van der Waals surface area contributed by atoms with E-state index < -0.39 is 0 Å². The van der Waals surface area contributed by atoms with E-state index in [1.807, 2.05) is 6.92 Å². The van der Waals surface area contributed by atoms with E-state index in [1.165, 1.54) is 12.1 Å². The number of rotatable bonds is 5. The molecule has 0 aromatic heterocycles. The summed E-state index contributed by atoms with van der Waals surface area (Å²) in [5.74, 6) is -0.703. The molecular formula is C16H15BrClF2N. The van der Waals surface area contributed by atoms with E-state index in [0.29, 0.717) is 27.2 Å². The van der Waals surface area contributed by atoms with Crippen molar-refractivity contribution < 1.29 is 8.78 Å². The number of halogens is 4. The van der Waals surface area contributed by atoms with Gasteiger partial charge in [0, 0.05) is 26.7 Å². The summed E-state index contributed by atoms with van der Waals surface area (Å²) in [6.45, 7) is 2.57. The van der Waals surface area contributed by atoms with Crippen molar-refractivity contribution in [2.75, 3.05) is 6.54 Å². The predicted octanol–water partition coefficient (Wildman–Crippen LogP) is 5.27. The molecule has 0 heterocycles. The van der Waals surface area contributed by atoms with Crippen molar-refractivity contribution in [3.05, 3.63) is 68.7 Å². The Bertz CT molecular complexity index is 613. The highest BCUT2D eigenvalue weighted by molar-refractivity contribution is 9.10. The van der Waals surface area contributed by atoms with Gasteiger partial charge in [-0.3, -0.25) is 0 Å². The average molecular weight is 375 g/mol. The molecule has 2 aromatic carbocycles. The molecule has 0 aliphatic heterocycles. The molecule has 0 amide bonds. The number of benzene rings is 2. The fourth-order valence-corrected chi connectivity index (χ4v) is 2.83. The zero-order valence-electron chi connectivity index (χ0n) is 11.5. The van der Waals surface area contributed by atoms with Gasteiger partial charge in [-0.2, -0.15) is 0 Å². The van der Waals surface area contributed by atoms with E-state index in [4.69, 9.17) is 11.6 Å². The first-order valence-corrected chi connectivity index (χ1v) is 7.81. The fraction of sp³-hybridized carbons (Fsp3) is 0.250. The van der Waals surface area contributed by atoms with Gasteiger partial charge < -0.3 is 5.32 Å². The highest BCUT2D eigenvalue weighted by Crippen LogP contribution is 2.28. The monoisotopic (exact) mass is 373 g/mol. The second-order valence-corrected chi connectivity index (χ2v) is 6.00. The van der Waals surface area contributed by atoms with Crippen LogP contribution >= 0.6 is 27.5 Å². The van der Waals surface area contributed by atoms with Gasteiger partial charge >= 0.3 is 0 Å². The number of hydrogen-bond donors (Lipinski definition) is 1. The minimum absolute atomic E-state index is 0.290. The molecule has 0 spiro atoms. The molecule has 1 nitrogen and oxygen atoms in total. The molecule has 5 heteroatoms. The smallest absolute Gasteiger partial charge is 0.129 e. The Balaban J connectivity index is 2.35. The Kier molecular flexibility index (Phi) is 5.73. The lowest BCUT2D eigenvalue weighted by molar-refractivity contribution is 0.498. The first kappa shape index (κ1) is 16.4. The van der Waals surface area contributed by atoms with Crippen molar-refractivity contribution in [2.45, 2.75) is 19.4 Å². The maximum Gasteiger partial charge on any atom is 0.129 e. The maximum atomic E-state index is 14.1. The summed E-state index contributed by atoms with van der Waals surface area (Å²) in [5.41, 5.74) is 0.895. The predicted molar refractivity (Wildman–Crippen MR) is 85.6 cm³/mol. The molecule has 2 aromatic rings. The Labute approximate surface area is 136 Å². The lowest BCUT2D eigenvalue weighted by Crippen LogP contribution is -2.24. The van der Waals surface area contributed by atoms with Crippen LogP contribution in [0.1, 0.15) is 24.1 Å². The van der Waals surface area contributed by atoms with Gasteiger partial charge in [-0.15, -0.1) is 0 Å². The first-order chi connectivity index (χ1) is 10.0. The van der Waals surface area contributed by atoms with Gasteiger partial charge in [-0.1, -0.05) is 46.6 Å². The van der Waals surface area contributed by atoms with E-state index in [-0.39, 0.29) is 24.1 Å².